The van der Waals surface area contributed by atoms with Gasteiger partial charge in [-0.05, 0) is 42.2 Å². The highest BCUT2D eigenvalue weighted by atomic mass is 19.1. The van der Waals surface area contributed by atoms with Gasteiger partial charge in [0.15, 0.2) is 0 Å². The molecule has 3 rings (SSSR count). The summed E-state index contributed by atoms with van der Waals surface area (Å²) >= 11 is 0. The van der Waals surface area contributed by atoms with Crippen LogP contribution >= 0.6 is 0 Å². The maximum absolute atomic E-state index is 13.2. The third-order valence-electron chi connectivity index (χ3n) is 4.39. The van der Waals surface area contributed by atoms with Gasteiger partial charge in [-0.15, -0.1) is 0 Å². The van der Waals surface area contributed by atoms with E-state index in [2.05, 4.69) is 17.0 Å². The van der Waals surface area contributed by atoms with Gasteiger partial charge in [-0.2, -0.15) is 0 Å². The molecule has 2 aromatic rings. The predicted octanol–water partition coefficient (Wildman–Crippen LogP) is 4.05. The van der Waals surface area contributed by atoms with Crippen LogP contribution in [-0.2, 0) is 16.1 Å². The van der Waals surface area contributed by atoms with Crippen LogP contribution in [0, 0.1) is 5.82 Å². The van der Waals surface area contributed by atoms with Crippen LogP contribution in [0.4, 0.5) is 4.39 Å². The molecule has 0 aromatic heterocycles. The highest BCUT2D eigenvalue weighted by Gasteiger charge is 2.25. The number of esters is 1. The molecule has 0 aliphatic carbocycles. The fourth-order valence-corrected chi connectivity index (χ4v) is 3.17. The Kier molecular flexibility index (Phi) is 5.61. The molecule has 0 fully saturated rings. The molecule has 0 N–H and O–H groups in total. The van der Waals surface area contributed by atoms with E-state index in [0.717, 1.165) is 30.6 Å². The maximum atomic E-state index is 13.2. The Bertz CT molecular complexity index is 753. The molecule has 3 nitrogen and oxygen atoms in total. The van der Waals surface area contributed by atoms with E-state index in [1.54, 1.807) is 19.1 Å². The quantitative estimate of drug-likeness (QED) is 0.770. The Labute approximate surface area is 147 Å². The number of ether oxygens (including phenoxy) is 1. The van der Waals surface area contributed by atoms with Gasteiger partial charge in [-0.1, -0.05) is 42.5 Å². The summed E-state index contributed by atoms with van der Waals surface area (Å²) < 4.78 is 18.5. The van der Waals surface area contributed by atoms with Crippen molar-refractivity contribution in [3.63, 3.8) is 0 Å². The molecule has 0 saturated heterocycles. The lowest BCUT2D eigenvalue weighted by Crippen LogP contribution is -2.34. The van der Waals surface area contributed by atoms with E-state index in [-0.39, 0.29) is 11.8 Å². The summed E-state index contributed by atoms with van der Waals surface area (Å²) in [5.41, 5.74) is 3.75. The normalized spacial score (nSPS) is 15.3. The largest absolute Gasteiger partial charge is 0.463 e. The van der Waals surface area contributed by atoms with Gasteiger partial charge in [0.05, 0.1) is 12.2 Å². The van der Waals surface area contributed by atoms with Crippen LogP contribution in [0.2, 0.25) is 0 Å². The minimum Gasteiger partial charge on any atom is -0.463 e. The van der Waals surface area contributed by atoms with Crippen LogP contribution in [0.3, 0.4) is 0 Å². The van der Waals surface area contributed by atoms with Gasteiger partial charge in [0.1, 0.15) is 5.82 Å². The third-order valence-corrected chi connectivity index (χ3v) is 4.39. The predicted molar refractivity (Wildman–Crippen MR) is 96.3 cm³/mol. The second-order valence-corrected chi connectivity index (χ2v) is 6.13. The fourth-order valence-electron chi connectivity index (χ4n) is 3.17. The zero-order valence-corrected chi connectivity index (χ0v) is 14.4. The Balaban J connectivity index is 1.86. The Morgan fingerprint density at radius 1 is 1.12 bits per heavy atom. The highest BCUT2D eigenvalue weighted by molar-refractivity contribution is 5.98. The average Bonchev–Trinajstić information content (AvgIpc) is 2.63. The Morgan fingerprint density at radius 2 is 1.84 bits per heavy atom. The summed E-state index contributed by atoms with van der Waals surface area (Å²) in [6, 6.07) is 16.5. The van der Waals surface area contributed by atoms with Crippen molar-refractivity contribution in [2.45, 2.75) is 19.9 Å². The SMILES string of the molecule is CCOC(=O)C1=C(c2ccc(F)cc2)CCN(Cc2ccccc2)C1. The lowest BCUT2D eigenvalue weighted by molar-refractivity contribution is -0.138. The number of hydrogen-bond acceptors (Lipinski definition) is 3. The first-order valence-corrected chi connectivity index (χ1v) is 8.58. The first-order valence-electron chi connectivity index (χ1n) is 8.58. The van der Waals surface area contributed by atoms with Gasteiger partial charge in [-0.25, -0.2) is 9.18 Å². The van der Waals surface area contributed by atoms with Crippen LogP contribution in [0.15, 0.2) is 60.2 Å². The van der Waals surface area contributed by atoms with E-state index in [9.17, 15) is 9.18 Å². The summed E-state index contributed by atoms with van der Waals surface area (Å²) in [4.78, 5) is 14.7. The van der Waals surface area contributed by atoms with E-state index in [0.29, 0.717) is 18.7 Å². The molecule has 0 unspecified atom stereocenters. The summed E-state index contributed by atoms with van der Waals surface area (Å²) in [5, 5.41) is 0. The molecule has 0 atom stereocenters. The number of halogens is 1. The molecule has 1 heterocycles. The molecule has 1 aliphatic heterocycles. The van der Waals surface area contributed by atoms with E-state index in [1.807, 2.05) is 18.2 Å². The minimum absolute atomic E-state index is 0.274. The van der Waals surface area contributed by atoms with Crippen molar-refractivity contribution in [3.8, 4) is 0 Å². The topological polar surface area (TPSA) is 29.5 Å². The molecule has 0 amide bonds. The maximum Gasteiger partial charge on any atom is 0.335 e. The van der Waals surface area contributed by atoms with E-state index in [4.69, 9.17) is 4.74 Å². The number of rotatable bonds is 5. The molecular formula is C21H22FNO2. The molecule has 25 heavy (non-hydrogen) atoms. The highest BCUT2D eigenvalue weighted by Crippen LogP contribution is 2.29. The summed E-state index contributed by atoms with van der Waals surface area (Å²) in [5.74, 6) is -0.553. The Hall–Kier alpha value is -2.46. The number of benzene rings is 2. The first kappa shape index (κ1) is 17.4. The summed E-state index contributed by atoms with van der Waals surface area (Å²) in [7, 11) is 0. The standard InChI is InChI=1S/C21H22FNO2/c1-2-25-21(24)20-15-23(14-16-6-4-3-5-7-16)13-12-19(20)17-8-10-18(22)11-9-17/h3-11H,2,12-15H2,1H3. The molecule has 0 spiro atoms. The van der Waals surface area contributed by atoms with Crippen molar-refractivity contribution in [1.29, 1.82) is 0 Å². The molecule has 0 radical (unpaired) electrons. The Morgan fingerprint density at radius 3 is 2.52 bits per heavy atom. The number of nitrogens with zero attached hydrogens (tertiary/aromatic N) is 1. The monoisotopic (exact) mass is 339 g/mol. The third kappa shape index (κ3) is 4.34. The van der Waals surface area contributed by atoms with Crippen LogP contribution in [0.1, 0.15) is 24.5 Å². The zero-order chi connectivity index (χ0) is 17.6. The summed E-state index contributed by atoms with van der Waals surface area (Å²) in [6.45, 7) is 4.34. The lowest BCUT2D eigenvalue weighted by atomic mass is 9.93. The van der Waals surface area contributed by atoms with Gasteiger partial charge < -0.3 is 4.74 Å². The van der Waals surface area contributed by atoms with Crippen LogP contribution < -0.4 is 0 Å². The van der Waals surface area contributed by atoms with Gasteiger partial charge in [0.2, 0.25) is 0 Å². The number of carbonyl (C=O) groups excluding carboxylic acids is 1. The van der Waals surface area contributed by atoms with Crippen molar-refractivity contribution >= 4 is 11.5 Å². The number of hydrogen-bond donors (Lipinski definition) is 0. The molecule has 1 aliphatic rings. The van der Waals surface area contributed by atoms with E-state index in [1.165, 1.54) is 17.7 Å². The van der Waals surface area contributed by atoms with Crippen molar-refractivity contribution in [2.75, 3.05) is 19.7 Å². The van der Waals surface area contributed by atoms with Gasteiger partial charge in [0, 0.05) is 19.6 Å². The van der Waals surface area contributed by atoms with E-state index >= 15 is 0 Å². The molecule has 0 bridgehead atoms. The second-order valence-electron chi connectivity index (χ2n) is 6.13. The first-order chi connectivity index (χ1) is 12.2. The molecule has 2 aromatic carbocycles. The molecule has 0 saturated carbocycles. The van der Waals surface area contributed by atoms with Crippen molar-refractivity contribution in [2.24, 2.45) is 0 Å². The summed E-state index contributed by atoms with van der Waals surface area (Å²) in [6.07, 6.45) is 0.743. The van der Waals surface area contributed by atoms with Crippen molar-refractivity contribution in [3.05, 3.63) is 77.1 Å². The minimum atomic E-state index is -0.278. The second kappa shape index (κ2) is 8.08. The van der Waals surface area contributed by atoms with E-state index < -0.39 is 0 Å². The van der Waals surface area contributed by atoms with Crippen LogP contribution in [0.25, 0.3) is 5.57 Å². The van der Waals surface area contributed by atoms with Gasteiger partial charge in [0.25, 0.3) is 0 Å². The molecule has 130 valence electrons. The number of carbonyl (C=O) groups is 1. The van der Waals surface area contributed by atoms with Crippen LogP contribution in [-0.4, -0.2) is 30.6 Å². The van der Waals surface area contributed by atoms with Gasteiger partial charge in [-0.3, -0.25) is 4.90 Å². The van der Waals surface area contributed by atoms with Gasteiger partial charge >= 0.3 is 5.97 Å². The van der Waals surface area contributed by atoms with Crippen molar-refractivity contribution < 1.29 is 13.9 Å². The molecular weight excluding hydrogens is 317 g/mol. The van der Waals surface area contributed by atoms with Crippen molar-refractivity contribution in [1.82, 2.24) is 4.90 Å². The average molecular weight is 339 g/mol. The smallest absolute Gasteiger partial charge is 0.335 e. The fraction of sp³-hybridized carbons (Fsp3) is 0.286. The molecule has 4 heteroatoms. The van der Waals surface area contributed by atoms with Crippen LogP contribution in [0.5, 0.6) is 0 Å². The lowest BCUT2D eigenvalue weighted by Gasteiger charge is -2.30. The zero-order valence-electron chi connectivity index (χ0n) is 14.4.